The van der Waals surface area contributed by atoms with Gasteiger partial charge in [-0.3, -0.25) is 10.1 Å². The number of nitrogens with zero attached hydrogens (tertiary/aromatic N) is 2. The maximum absolute atomic E-state index is 12.3. The number of aromatic nitrogens is 1. The normalized spacial score (nSPS) is 12.0. The van der Waals surface area contributed by atoms with Crippen molar-refractivity contribution >= 4 is 21.2 Å². The number of non-ortho nitro benzene ring substituents is 1. The average Bonchev–Trinajstić information content (AvgIpc) is 2.52. The first-order valence-electron chi connectivity index (χ1n) is 7.29. The lowest BCUT2D eigenvalue weighted by molar-refractivity contribution is -0.384. The summed E-state index contributed by atoms with van der Waals surface area (Å²) in [6.45, 7) is 5.24. The number of pyridine rings is 1. The maximum Gasteiger partial charge on any atom is 0.269 e. The van der Waals surface area contributed by atoms with Gasteiger partial charge in [0.2, 0.25) is 0 Å². The molecule has 0 saturated carbocycles. The Kier molecular flexibility index (Phi) is 4.88. The summed E-state index contributed by atoms with van der Waals surface area (Å²) in [5.41, 5.74) is 1.41. The van der Waals surface area contributed by atoms with Crippen molar-refractivity contribution in [2.45, 2.75) is 37.1 Å². The van der Waals surface area contributed by atoms with Gasteiger partial charge >= 0.3 is 0 Å². The van der Waals surface area contributed by atoms with Crippen molar-refractivity contribution in [1.29, 1.82) is 0 Å². The molecule has 7 nitrogen and oxygen atoms in total. The van der Waals surface area contributed by atoms with E-state index >= 15 is 0 Å². The molecule has 0 atom stereocenters. The summed E-state index contributed by atoms with van der Waals surface area (Å²) in [6, 6.07) is 9.38. The second-order valence-electron chi connectivity index (χ2n) is 6.28. The molecule has 0 aliphatic carbocycles. The van der Waals surface area contributed by atoms with Gasteiger partial charge in [0.25, 0.3) is 5.69 Å². The molecule has 0 saturated heterocycles. The van der Waals surface area contributed by atoms with E-state index in [-0.39, 0.29) is 10.7 Å². The molecule has 1 N–H and O–H groups in total. The summed E-state index contributed by atoms with van der Waals surface area (Å²) in [5.74, 6) is 0. The molecular weight excluding hydrogens is 330 g/mol. The first-order valence-corrected chi connectivity index (χ1v) is 8.77. The van der Waals surface area contributed by atoms with Gasteiger partial charge in [0, 0.05) is 18.7 Å². The number of rotatable bonds is 5. The van der Waals surface area contributed by atoms with Crippen LogP contribution in [0, 0.1) is 10.1 Å². The van der Waals surface area contributed by atoms with Crippen LogP contribution in [-0.2, 0) is 16.4 Å². The van der Waals surface area contributed by atoms with Crippen LogP contribution in [0.15, 0.2) is 47.6 Å². The Morgan fingerprint density at radius 2 is 1.92 bits per heavy atom. The van der Waals surface area contributed by atoms with Crippen molar-refractivity contribution in [3.05, 3.63) is 58.3 Å². The van der Waals surface area contributed by atoms with Gasteiger partial charge in [-0.1, -0.05) is 12.1 Å². The van der Waals surface area contributed by atoms with E-state index < -0.39 is 19.5 Å². The van der Waals surface area contributed by atoms with Crippen molar-refractivity contribution in [3.63, 3.8) is 0 Å². The summed E-state index contributed by atoms with van der Waals surface area (Å²) in [5, 5.41) is 13.8. The van der Waals surface area contributed by atoms with Gasteiger partial charge in [0.1, 0.15) is 0 Å². The van der Waals surface area contributed by atoms with Gasteiger partial charge in [-0.25, -0.2) is 13.4 Å². The Bertz CT molecular complexity index is 840. The number of nitro benzene ring substituents is 1. The molecule has 0 fully saturated rings. The molecule has 2 aromatic rings. The Morgan fingerprint density at radius 3 is 2.46 bits per heavy atom. The fourth-order valence-corrected chi connectivity index (χ4v) is 3.01. The van der Waals surface area contributed by atoms with Crippen LogP contribution in [0.1, 0.15) is 26.3 Å². The minimum atomic E-state index is -3.49. The molecular formula is C16H19N3O4S. The first kappa shape index (κ1) is 17.9. The minimum absolute atomic E-state index is 0.0240. The minimum Gasteiger partial charge on any atom is -0.380 e. The molecule has 0 bridgehead atoms. The van der Waals surface area contributed by atoms with Crippen molar-refractivity contribution in [2.24, 2.45) is 0 Å². The Hall–Kier alpha value is -2.48. The highest BCUT2D eigenvalue weighted by Gasteiger charge is 2.31. The molecule has 0 amide bonds. The van der Waals surface area contributed by atoms with E-state index in [1.165, 1.54) is 24.4 Å². The highest BCUT2D eigenvalue weighted by Crippen LogP contribution is 2.24. The second kappa shape index (κ2) is 6.56. The fourth-order valence-electron chi connectivity index (χ4n) is 1.94. The maximum atomic E-state index is 12.3. The topological polar surface area (TPSA) is 102 Å². The Balaban J connectivity index is 2.10. The summed E-state index contributed by atoms with van der Waals surface area (Å²) in [7, 11) is -3.49. The Morgan fingerprint density at radius 1 is 1.21 bits per heavy atom. The van der Waals surface area contributed by atoms with Gasteiger partial charge in [-0.15, -0.1) is 0 Å². The molecule has 2 rings (SSSR count). The first-order chi connectivity index (χ1) is 11.1. The standard InChI is InChI=1S/C16H19N3O4S/c1-16(2,3)24(22,23)15-8-7-13(11-18-15)17-10-12-5-4-6-14(9-12)19(20)21/h4-9,11,17H,10H2,1-3H3. The predicted molar refractivity (Wildman–Crippen MR) is 91.6 cm³/mol. The zero-order valence-corrected chi connectivity index (χ0v) is 14.5. The monoisotopic (exact) mass is 349 g/mol. The molecule has 8 heteroatoms. The number of hydrogen-bond donors (Lipinski definition) is 1. The van der Waals surface area contributed by atoms with Gasteiger partial charge in [-0.05, 0) is 38.5 Å². The molecule has 0 spiro atoms. The lowest BCUT2D eigenvalue weighted by Gasteiger charge is -2.18. The number of anilines is 1. The van der Waals surface area contributed by atoms with Crippen LogP contribution in [0.3, 0.4) is 0 Å². The van der Waals surface area contributed by atoms with E-state index in [0.29, 0.717) is 12.2 Å². The molecule has 24 heavy (non-hydrogen) atoms. The number of nitro groups is 1. The van der Waals surface area contributed by atoms with Crippen LogP contribution in [0.4, 0.5) is 11.4 Å². The molecule has 0 aliphatic heterocycles. The number of hydrogen-bond acceptors (Lipinski definition) is 6. The molecule has 1 heterocycles. The predicted octanol–water partition coefficient (Wildman–Crippen LogP) is 3.17. The van der Waals surface area contributed by atoms with Gasteiger partial charge < -0.3 is 5.32 Å². The van der Waals surface area contributed by atoms with Gasteiger partial charge in [0.05, 0.1) is 21.6 Å². The zero-order chi connectivity index (χ0) is 18.0. The number of nitrogens with one attached hydrogen (secondary N) is 1. The SMILES string of the molecule is CC(C)(C)S(=O)(=O)c1ccc(NCc2cccc([N+](=O)[O-])c2)cn1. The third kappa shape index (κ3) is 3.88. The molecule has 0 aliphatic rings. The van der Waals surface area contributed by atoms with Crippen LogP contribution < -0.4 is 5.32 Å². The molecule has 1 aromatic heterocycles. The number of benzene rings is 1. The lowest BCUT2D eigenvalue weighted by atomic mass is 10.2. The molecule has 0 unspecified atom stereocenters. The van der Waals surface area contributed by atoms with Crippen LogP contribution >= 0.6 is 0 Å². The summed E-state index contributed by atoms with van der Waals surface area (Å²) < 4.78 is 23.7. The van der Waals surface area contributed by atoms with Crippen LogP contribution in [-0.4, -0.2) is 23.1 Å². The van der Waals surface area contributed by atoms with Crippen LogP contribution in [0.2, 0.25) is 0 Å². The molecule has 1 aromatic carbocycles. The Labute approximate surface area is 140 Å². The van der Waals surface area contributed by atoms with E-state index in [9.17, 15) is 18.5 Å². The van der Waals surface area contributed by atoms with Crippen molar-refractivity contribution in [1.82, 2.24) is 4.98 Å². The van der Waals surface area contributed by atoms with Crippen molar-refractivity contribution in [3.8, 4) is 0 Å². The molecule has 0 radical (unpaired) electrons. The van der Waals surface area contributed by atoms with Crippen molar-refractivity contribution in [2.75, 3.05) is 5.32 Å². The lowest BCUT2D eigenvalue weighted by Crippen LogP contribution is -2.28. The average molecular weight is 349 g/mol. The van der Waals surface area contributed by atoms with E-state index in [1.807, 2.05) is 0 Å². The zero-order valence-electron chi connectivity index (χ0n) is 13.7. The summed E-state index contributed by atoms with van der Waals surface area (Å²) in [6.07, 6.45) is 1.44. The van der Waals surface area contributed by atoms with E-state index in [0.717, 1.165) is 5.56 Å². The quantitative estimate of drug-likeness (QED) is 0.657. The van der Waals surface area contributed by atoms with Gasteiger partial charge in [-0.2, -0.15) is 0 Å². The van der Waals surface area contributed by atoms with E-state index in [4.69, 9.17) is 0 Å². The third-order valence-corrected chi connectivity index (χ3v) is 5.84. The summed E-state index contributed by atoms with van der Waals surface area (Å²) >= 11 is 0. The largest absolute Gasteiger partial charge is 0.380 e. The second-order valence-corrected chi connectivity index (χ2v) is 8.93. The molecule has 128 valence electrons. The smallest absolute Gasteiger partial charge is 0.269 e. The summed E-state index contributed by atoms with van der Waals surface area (Å²) in [4.78, 5) is 14.3. The highest BCUT2D eigenvalue weighted by molar-refractivity contribution is 7.92. The van der Waals surface area contributed by atoms with Crippen LogP contribution in [0.25, 0.3) is 0 Å². The fraction of sp³-hybridized carbons (Fsp3) is 0.312. The van der Waals surface area contributed by atoms with E-state index in [2.05, 4.69) is 10.3 Å². The van der Waals surface area contributed by atoms with E-state index in [1.54, 1.807) is 39.0 Å². The van der Waals surface area contributed by atoms with Gasteiger partial charge in [0.15, 0.2) is 14.9 Å². The third-order valence-electron chi connectivity index (χ3n) is 3.44. The van der Waals surface area contributed by atoms with Crippen molar-refractivity contribution < 1.29 is 13.3 Å². The van der Waals surface area contributed by atoms with Crippen LogP contribution in [0.5, 0.6) is 0 Å². The number of sulfone groups is 1. The highest BCUT2D eigenvalue weighted by atomic mass is 32.2.